The lowest BCUT2D eigenvalue weighted by molar-refractivity contribution is -0.120. The van der Waals surface area contributed by atoms with Crippen molar-refractivity contribution in [3.05, 3.63) is 45.7 Å². The summed E-state index contributed by atoms with van der Waals surface area (Å²) in [6.45, 7) is 5.50. The molecule has 1 aliphatic heterocycles. The van der Waals surface area contributed by atoms with Crippen LogP contribution in [0.2, 0.25) is 0 Å². The van der Waals surface area contributed by atoms with Gasteiger partial charge in [0, 0.05) is 40.6 Å². The number of carbonyl (C=O) groups is 2. The maximum atomic E-state index is 13.3. The number of esters is 1. The Balaban J connectivity index is 1.73. The van der Waals surface area contributed by atoms with Crippen LogP contribution in [0, 0.1) is 19.8 Å². The minimum atomic E-state index is -3.92. The number of aromatic nitrogens is 1. The Kier molecular flexibility index (Phi) is 7.23. The van der Waals surface area contributed by atoms with Crippen molar-refractivity contribution in [2.24, 2.45) is 5.92 Å². The number of carbonyl (C=O) groups excluding carboxylic acids is 2. The molecule has 1 saturated heterocycles. The minimum Gasteiger partial charge on any atom is -0.462 e. The van der Waals surface area contributed by atoms with E-state index in [-0.39, 0.29) is 42.0 Å². The van der Waals surface area contributed by atoms with Crippen LogP contribution in [0.3, 0.4) is 0 Å². The number of hydrogen-bond donors (Lipinski definition) is 2. The van der Waals surface area contributed by atoms with Crippen LogP contribution in [0.25, 0.3) is 0 Å². The average molecular weight is 512 g/mol. The second-order valence-electron chi connectivity index (χ2n) is 7.48. The van der Waals surface area contributed by atoms with Crippen molar-refractivity contribution in [3.8, 4) is 0 Å². The number of rotatable bonds is 6. The van der Waals surface area contributed by atoms with Crippen LogP contribution in [0.4, 0.5) is 5.69 Å². The summed E-state index contributed by atoms with van der Waals surface area (Å²) >= 11 is 3.37. The predicted octanol–water partition coefficient (Wildman–Crippen LogP) is 3.61. The highest BCUT2D eigenvalue weighted by atomic mass is 79.9. The molecule has 0 bridgehead atoms. The molecule has 8 nitrogen and oxygen atoms in total. The summed E-state index contributed by atoms with van der Waals surface area (Å²) in [5.41, 5.74) is 1.59. The van der Waals surface area contributed by atoms with Crippen molar-refractivity contribution < 1.29 is 22.7 Å². The van der Waals surface area contributed by atoms with Gasteiger partial charge in [0.15, 0.2) is 0 Å². The molecule has 2 N–H and O–H groups in total. The third-order valence-electron chi connectivity index (χ3n) is 5.31. The lowest BCUT2D eigenvalue weighted by Crippen LogP contribution is -2.41. The molecule has 10 heteroatoms. The zero-order valence-corrected chi connectivity index (χ0v) is 20.1. The smallest absolute Gasteiger partial charge is 0.341 e. The van der Waals surface area contributed by atoms with Gasteiger partial charge in [0.25, 0.3) is 0 Å². The number of amides is 1. The second-order valence-corrected chi connectivity index (χ2v) is 10.3. The summed E-state index contributed by atoms with van der Waals surface area (Å²) < 4.78 is 34.0. The Labute approximate surface area is 190 Å². The number of aryl methyl sites for hydroxylation is 2. The maximum absolute atomic E-state index is 13.3. The highest BCUT2D eigenvalue weighted by Crippen LogP contribution is 2.31. The number of nitrogens with one attached hydrogen (secondary N) is 2. The highest BCUT2D eigenvalue weighted by Gasteiger charge is 2.37. The quantitative estimate of drug-likeness (QED) is 0.575. The zero-order valence-electron chi connectivity index (χ0n) is 17.7. The number of sulfonamides is 1. The first kappa shape index (κ1) is 23.5. The number of piperidine rings is 1. The van der Waals surface area contributed by atoms with Crippen LogP contribution < -0.4 is 5.32 Å². The first-order chi connectivity index (χ1) is 14.6. The molecule has 2 aromatic rings. The molecule has 3 rings (SSSR count). The van der Waals surface area contributed by atoms with Gasteiger partial charge in [-0.3, -0.25) is 4.79 Å². The molecule has 1 fully saturated rings. The molecule has 1 aromatic carbocycles. The van der Waals surface area contributed by atoms with Crippen LogP contribution in [-0.4, -0.2) is 49.3 Å². The Morgan fingerprint density at radius 3 is 2.52 bits per heavy atom. The molecule has 0 aliphatic carbocycles. The van der Waals surface area contributed by atoms with Crippen molar-refractivity contribution in [3.63, 3.8) is 0 Å². The minimum absolute atomic E-state index is 0.0412. The topological polar surface area (TPSA) is 109 Å². The van der Waals surface area contributed by atoms with Gasteiger partial charge < -0.3 is 15.0 Å². The van der Waals surface area contributed by atoms with E-state index in [0.717, 1.165) is 4.47 Å². The molecule has 1 aliphatic rings. The van der Waals surface area contributed by atoms with Gasteiger partial charge in [-0.2, -0.15) is 4.31 Å². The number of benzene rings is 1. The van der Waals surface area contributed by atoms with Crippen LogP contribution in [0.15, 0.2) is 33.6 Å². The van der Waals surface area contributed by atoms with Crippen molar-refractivity contribution >= 4 is 43.5 Å². The van der Waals surface area contributed by atoms with E-state index in [4.69, 9.17) is 4.74 Å². The molecule has 1 aromatic heterocycles. The van der Waals surface area contributed by atoms with Crippen LogP contribution in [0.1, 0.15) is 41.5 Å². The van der Waals surface area contributed by atoms with E-state index in [0.29, 0.717) is 29.9 Å². The number of halogens is 1. The van der Waals surface area contributed by atoms with E-state index in [9.17, 15) is 18.0 Å². The third kappa shape index (κ3) is 5.02. The first-order valence-corrected chi connectivity index (χ1v) is 12.3. The highest BCUT2D eigenvalue weighted by molar-refractivity contribution is 9.10. The van der Waals surface area contributed by atoms with Gasteiger partial charge in [-0.25, -0.2) is 13.2 Å². The van der Waals surface area contributed by atoms with Crippen LogP contribution in [0.5, 0.6) is 0 Å². The van der Waals surface area contributed by atoms with Crippen molar-refractivity contribution in [1.82, 2.24) is 9.29 Å². The fourth-order valence-electron chi connectivity index (χ4n) is 3.83. The lowest BCUT2D eigenvalue weighted by atomic mass is 9.97. The number of anilines is 1. The molecule has 0 saturated carbocycles. The Bertz CT molecular complexity index is 1090. The number of nitrogens with zero attached hydrogens (tertiary/aromatic N) is 1. The summed E-state index contributed by atoms with van der Waals surface area (Å²) in [5.74, 6) is -1.08. The van der Waals surface area contributed by atoms with Crippen LogP contribution in [-0.2, 0) is 19.6 Å². The van der Waals surface area contributed by atoms with Crippen LogP contribution >= 0.6 is 15.9 Å². The normalized spacial score (nSPS) is 15.6. The van der Waals surface area contributed by atoms with E-state index in [1.807, 2.05) is 18.2 Å². The zero-order chi connectivity index (χ0) is 22.8. The molecular formula is C21H26BrN3O5S. The van der Waals surface area contributed by atoms with E-state index in [1.54, 1.807) is 26.8 Å². The van der Waals surface area contributed by atoms with Gasteiger partial charge in [-0.05, 0) is 51.8 Å². The van der Waals surface area contributed by atoms with Gasteiger partial charge in [-0.1, -0.05) is 22.0 Å². The molecule has 168 valence electrons. The second kappa shape index (κ2) is 9.54. The summed E-state index contributed by atoms with van der Waals surface area (Å²) in [4.78, 5) is 27.9. The fourth-order valence-corrected chi connectivity index (χ4v) is 6.11. The number of H-pyrrole nitrogens is 1. The van der Waals surface area contributed by atoms with Gasteiger partial charge in [0.2, 0.25) is 15.9 Å². The van der Waals surface area contributed by atoms with Gasteiger partial charge in [-0.15, -0.1) is 0 Å². The van der Waals surface area contributed by atoms with Crippen molar-refractivity contribution in [1.29, 1.82) is 0 Å². The monoisotopic (exact) mass is 511 g/mol. The fraction of sp³-hybridized carbons (Fsp3) is 0.429. The largest absolute Gasteiger partial charge is 0.462 e. The molecule has 2 heterocycles. The molecule has 1 amide bonds. The average Bonchev–Trinajstić information content (AvgIpc) is 3.03. The summed E-state index contributed by atoms with van der Waals surface area (Å²) in [7, 11) is -3.92. The first-order valence-electron chi connectivity index (χ1n) is 10.1. The summed E-state index contributed by atoms with van der Waals surface area (Å²) in [5, 5.41) is 2.89. The van der Waals surface area contributed by atoms with Crippen molar-refractivity contribution in [2.75, 3.05) is 25.0 Å². The molecule has 0 spiro atoms. The third-order valence-corrected chi connectivity index (χ3v) is 7.88. The molecule has 0 atom stereocenters. The SMILES string of the molecule is CCOC(=O)c1c(C)[nH]c(C)c1S(=O)(=O)N1CCC(C(=O)Nc2cccc(Br)c2)CC1. The molecule has 0 radical (unpaired) electrons. The summed E-state index contributed by atoms with van der Waals surface area (Å²) in [6, 6.07) is 7.31. The molecule has 0 unspecified atom stereocenters. The van der Waals surface area contributed by atoms with Crippen molar-refractivity contribution in [2.45, 2.75) is 38.5 Å². The number of ether oxygens (including phenoxy) is 1. The predicted molar refractivity (Wildman–Crippen MR) is 120 cm³/mol. The van der Waals surface area contributed by atoms with E-state index >= 15 is 0 Å². The number of aromatic amines is 1. The summed E-state index contributed by atoms with van der Waals surface area (Å²) in [6.07, 6.45) is 0.798. The van der Waals surface area contributed by atoms with E-state index < -0.39 is 16.0 Å². The standard InChI is InChI=1S/C21H26BrN3O5S/c1-4-30-21(27)18-13(2)23-14(3)19(18)31(28,29)25-10-8-15(9-11-25)20(26)24-17-7-5-6-16(22)12-17/h5-7,12,15,23H,4,8-11H2,1-3H3,(H,24,26). The Hall–Kier alpha value is -2.17. The number of hydrogen-bond acceptors (Lipinski definition) is 5. The van der Waals surface area contributed by atoms with Gasteiger partial charge >= 0.3 is 5.97 Å². The lowest BCUT2D eigenvalue weighted by Gasteiger charge is -2.30. The van der Waals surface area contributed by atoms with Gasteiger partial charge in [0.05, 0.1) is 6.61 Å². The van der Waals surface area contributed by atoms with Gasteiger partial charge in [0.1, 0.15) is 10.5 Å². The molecular weight excluding hydrogens is 486 g/mol. The Morgan fingerprint density at radius 1 is 1.23 bits per heavy atom. The molecule has 31 heavy (non-hydrogen) atoms. The maximum Gasteiger partial charge on any atom is 0.341 e. The Morgan fingerprint density at radius 2 is 1.90 bits per heavy atom. The van der Waals surface area contributed by atoms with E-state index in [2.05, 4.69) is 26.2 Å². The van der Waals surface area contributed by atoms with E-state index in [1.165, 1.54) is 4.31 Å².